The van der Waals surface area contributed by atoms with Gasteiger partial charge in [0.25, 0.3) is 11.8 Å². The van der Waals surface area contributed by atoms with Gasteiger partial charge in [-0.3, -0.25) is 43.7 Å². The predicted octanol–water partition coefficient (Wildman–Crippen LogP) is 2.32. The summed E-state index contributed by atoms with van der Waals surface area (Å²) in [5.74, 6) is -2.89. The number of fused-ring (bicyclic) bond motifs is 2. The van der Waals surface area contributed by atoms with Crippen LogP contribution in [0.25, 0.3) is 27.4 Å². The quantitative estimate of drug-likeness (QED) is 0.183. The molecule has 17 nitrogen and oxygen atoms in total. The second kappa shape index (κ2) is 13.8. The average molecular weight is 789 g/mol. The first-order valence-electron chi connectivity index (χ1n) is 18.3. The highest BCUT2D eigenvalue weighted by atomic mass is 32.1. The Kier molecular flexibility index (Phi) is 8.74. The molecular formula is C38H33FN12O5S. The molecule has 1 aromatic carbocycles. The maximum Gasteiger partial charge on any atom is 0.262 e. The maximum absolute atomic E-state index is 15.4. The van der Waals surface area contributed by atoms with Gasteiger partial charge in [-0.25, -0.2) is 14.4 Å². The van der Waals surface area contributed by atoms with Crippen molar-refractivity contribution in [1.29, 1.82) is 5.26 Å². The van der Waals surface area contributed by atoms with E-state index in [9.17, 15) is 29.2 Å². The van der Waals surface area contributed by atoms with Gasteiger partial charge in [-0.05, 0) is 43.5 Å². The molecule has 7 heterocycles. The number of nitriles is 1. The van der Waals surface area contributed by atoms with Gasteiger partial charge in [0.15, 0.2) is 5.01 Å². The van der Waals surface area contributed by atoms with Gasteiger partial charge in [-0.1, -0.05) is 11.3 Å². The Balaban J connectivity index is 0.827. The van der Waals surface area contributed by atoms with E-state index >= 15 is 4.39 Å². The largest absolute Gasteiger partial charge is 0.387 e. The first-order chi connectivity index (χ1) is 27.6. The number of carbonyl (C=O) groups excluding carboxylic acids is 5. The Morgan fingerprint density at radius 1 is 1.02 bits per heavy atom. The number of pyridine rings is 2. The van der Waals surface area contributed by atoms with E-state index in [2.05, 4.69) is 42.2 Å². The highest BCUT2D eigenvalue weighted by Gasteiger charge is 2.49. The van der Waals surface area contributed by atoms with E-state index in [-0.39, 0.29) is 42.1 Å². The van der Waals surface area contributed by atoms with Crippen molar-refractivity contribution in [3.8, 4) is 22.5 Å². The molecule has 5 amide bonds. The second-order valence-electron chi connectivity index (χ2n) is 14.4. The standard InChI is InChI=1S/C38H33FN12O5S/c1-41-26-15-29(50-7-4-21-12-20(16-40)17-43-32(21)50)42-18-24(26)34-46-47-37(57-34)38(5-6-38)45-31(53)19-48-8-10-49(11-9-48)28-14-23-22(13-25(28)39)35(55)51(36(23)56)27-2-3-30(52)44-33(27)54/h4,7,12-15,17-18,27H,2-3,5-6,8-11,19H2,1H3,(H,41,42)(H,45,53)(H,44,52,54). The number of imide groups is 2. The number of hydrogen-bond donors (Lipinski definition) is 3. The lowest BCUT2D eigenvalue weighted by Gasteiger charge is -2.36. The van der Waals surface area contributed by atoms with Crippen LogP contribution in [0.2, 0.25) is 0 Å². The molecule has 2 saturated heterocycles. The number of piperidine rings is 1. The summed E-state index contributed by atoms with van der Waals surface area (Å²) in [6.45, 7) is 1.75. The number of rotatable bonds is 9. The molecule has 3 aliphatic heterocycles. The summed E-state index contributed by atoms with van der Waals surface area (Å²) in [5, 5.41) is 28.9. The van der Waals surface area contributed by atoms with Crippen LogP contribution in [0.4, 0.5) is 15.8 Å². The van der Waals surface area contributed by atoms with E-state index in [0.29, 0.717) is 53.2 Å². The molecule has 288 valence electrons. The summed E-state index contributed by atoms with van der Waals surface area (Å²) in [5.41, 5.74) is 2.12. The SMILES string of the molecule is CNc1cc(-n2ccc3cc(C#N)cnc32)ncc1-c1nnc(C2(NC(=O)CN3CCN(c4cc5c(cc4F)C(=O)N(C4CCC(=O)NC4=O)C5=O)CC3)CC2)s1. The smallest absolute Gasteiger partial charge is 0.262 e. The zero-order valence-corrected chi connectivity index (χ0v) is 31.2. The van der Waals surface area contributed by atoms with Gasteiger partial charge < -0.3 is 15.5 Å². The first-order valence-corrected chi connectivity index (χ1v) is 19.1. The van der Waals surface area contributed by atoms with E-state index < -0.39 is 41.0 Å². The lowest BCUT2D eigenvalue weighted by atomic mass is 10.0. The number of nitrogens with zero attached hydrogens (tertiary/aromatic N) is 9. The van der Waals surface area contributed by atoms with Crippen LogP contribution < -0.4 is 20.9 Å². The van der Waals surface area contributed by atoms with E-state index in [0.717, 1.165) is 40.4 Å². The van der Waals surface area contributed by atoms with Gasteiger partial charge in [0.2, 0.25) is 17.7 Å². The van der Waals surface area contributed by atoms with Gasteiger partial charge in [0, 0.05) is 75.4 Å². The van der Waals surface area contributed by atoms with Crippen LogP contribution in [0.1, 0.15) is 57.0 Å². The molecule has 57 heavy (non-hydrogen) atoms. The van der Waals surface area contributed by atoms with Crippen molar-refractivity contribution in [3.63, 3.8) is 0 Å². The normalized spacial score (nSPS) is 19.1. The van der Waals surface area contributed by atoms with Crippen LogP contribution >= 0.6 is 11.3 Å². The van der Waals surface area contributed by atoms with Crippen LogP contribution in [0.5, 0.6) is 0 Å². The Hall–Kier alpha value is -6.65. The van der Waals surface area contributed by atoms with Crippen molar-refractivity contribution in [1.82, 2.24) is 45.2 Å². The molecule has 4 aliphatic rings. The summed E-state index contributed by atoms with van der Waals surface area (Å²) in [4.78, 5) is 77.5. The summed E-state index contributed by atoms with van der Waals surface area (Å²) in [7, 11) is 1.81. The molecule has 5 aromatic rings. The number of nitrogens with one attached hydrogen (secondary N) is 3. The number of aromatic nitrogens is 5. The topological polar surface area (TPSA) is 211 Å². The third-order valence-electron chi connectivity index (χ3n) is 10.8. The van der Waals surface area contributed by atoms with E-state index in [1.807, 2.05) is 34.8 Å². The van der Waals surface area contributed by atoms with E-state index in [4.69, 9.17) is 0 Å². The Bertz CT molecular complexity index is 2590. The molecule has 1 atom stereocenters. The third-order valence-corrected chi connectivity index (χ3v) is 12.0. The fraction of sp³-hybridized carbons (Fsp3) is 0.316. The van der Waals surface area contributed by atoms with Crippen molar-refractivity contribution < 1.29 is 28.4 Å². The highest BCUT2D eigenvalue weighted by molar-refractivity contribution is 7.15. The number of anilines is 2. The second-order valence-corrected chi connectivity index (χ2v) is 15.4. The van der Waals surface area contributed by atoms with Crippen molar-refractivity contribution in [3.05, 3.63) is 76.4 Å². The Morgan fingerprint density at radius 2 is 1.79 bits per heavy atom. The molecule has 4 aromatic heterocycles. The van der Waals surface area contributed by atoms with Gasteiger partial charge >= 0.3 is 0 Å². The van der Waals surface area contributed by atoms with Gasteiger partial charge in [0.1, 0.15) is 34.4 Å². The Labute approximate surface area is 327 Å². The third kappa shape index (κ3) is 6.32. The van der Waals surface area contributed by atoms with Gasteiger partial charge in [-0.15, -0.1) is 10.2 Å². The molecule has 1 aliphatic carbocycles. The molecule has 3 fully saturated rings. The first kappa shape index (κ1) is 36.0. The molecule has 1 saturated carbocycles. The molecule has 9 rings (SSSR count). The monoisotopic (exact) mass is 788 g/mol. The maximum atomic E-state index is 15.4. The fourth-order valence-corrected chi connectivity index (χ4v) is 8.71. The van der Waals surface area contributed by atoms with Crippen LogP contribution in [0, 0.1) is 17.1 Å². The van der Waals surface area contributed by atoms with Crippen molar-refractivity contribution in [2.24, 2.45) is 0 Å². The summed E-state index contributed by atoms with van der Waals surface area (Å²) in [6, 6.07) is 8.90. The number of piperazine rings is 1. The van der Waals surface area contributed by atoms with E-state index in [1.54, 1.807) is 17.2 Å². The molecule has 0 spiro atoms. The minimum atomic E-state index is -1.14. The molecule has 1 unspecified atom stereocenters. The summed E-state index contributed by atoms with van der Waals surface area (Å²) < 4.78 is 17.3. The average Bonchev–Trinajstić information content (AvgIpc) is 3.51. The predicted molar refractivity (Wildman–Crippen MR) is 203 cm³/mol. The minimum Gasteiger partial charge on any atom is -0.387 e. The molecule has 0 bridgehead atoms. The molecule has 19 heteroatoms. The zero-order valence-electron chi connectivity index (χ0n) is 30.4. The molecule has 3 N–H and O–H groups in total. The van der Waals surface area contributed by atoms with Gasteiger partial charge in [0.05, 0.1) is 40.0 Å². The van der Waals surface area contributed by atoms with Crippen molar-refractivity contribution >= 4 is 63.3 Å². The number of benzene rings is 1. The van der Waals surface area contributed by atoms with Crippen LogP contribution in [0.15, 0.2) is 48.9 Å². The van der Waals surface area contributed by atoms with Crippen molar-refractivity contribution in [2.45, 2.75) is 37.3 Å². The van der Waals surface area contributed by atoms with Crippen LogP contribution in [-0.4, -0.2) is 110 Å². The van der Waals surface area contributed by atoms with Crippen LogP contribution in [-0.2, 0) is 19.9 Å². The lowest BCUT2D eigenvalue weighted by Crippen LogP contribution is -2.54. The zero-order chi connectivity index (χ0) is 39.6. The number of amides is 5. The lowest BCUT2D eigenvalue weighted by molar-refractivity contribution is -0.136. The molecule has 0 radical (unpaired) electrons. The Morgan fingerprint density at radius 3 is 2.51 bits per heavy atom. The minimum absolute atomic E-state index is 0.00720. The van der Waals surface area contributed by atoms with Crippen LogP contribution in [0.3, 0.4) is 0 Å². The number of halogens is 1. The fourth-order valence-electron chi connectivity index (χ4n) is 7.64. The number of hydrogen-bond acceptors (Lipinski definition) is 14. The molecular weight excluding hydrogens is 756 g/mol. The summed E-state index contributed by atoms with van der Waals surface area (Å²) >= 11 is 1.40. The highest BCUT2D eigenvalue weighted by Crippen LogP contribution is 2.48. The van der Waals surface area contributed by atoms with Crippen molar-refractivity contribution in [2.75, 3.05) is 50.0 Å². The summed E-state index contributed by atoms with van der Waals surface area (Å²) in [6.07, 6.45) is 6.54. The number of carbonyl (C=O) groups is 5. The van der Waals surface area contributed by atoms with E-state index in [1.165, 1.54) is 23.6 Å². The van der Waals surface area contributed by atoms with Gasteiger partial charge in [-0.2, -0.15) is 5.26 Å².